The summed E-state index contributed by atoms with van der Waals surface area (Å²) in [5.41, 5.74) is -0.764. The summed E-state index contributed by atoms with van der Waals surface area (Å²) in [7, 11) is 0. The van der Waals surface area contributed by atoms with Crippen molar-refractivity contribution in [1.82, 2.24) is 0 Å². The minimum Gasteiger partial charge on any atom is -0.512 e. The zero-order valence-corrected chi connectivity index (χ0v) is 13.9. The Morgan fingerprint density at radius 1 is 0.800 bits per heavy atom. The molecule has 0 aliphatic heterocycles. The molecule has 0 atom stereocenters. The van der Waals surface area contributed by atoms with Crippen LogP contribution in [0.1, 0.15) is 55.4 Å². The number of rotatable bonds is 2. The molecule has 0 aromatic rings. The second kappa shape index (κ2) is 7.88. The molecule has 0 heterocycles. The topological polar surface area (TPSA) is 74.6 Å². The molecule has 116 valence electrons. The van der Waals surface area contributed by atoms with Crippen molar-refractivity contribution in [3.63, 3.8) is 0 Å². The molecular weight excluding hydrogens is 256 g/mol. The standard InChI is InChI=1S/C11H20O2.C5H8O2/c1-10(2,3)8(12)7-9(13)11(4,5)6;1-4(6)3-5(2)7/h7,12H,1-6H3;3,6H,1-2H3/b8-7-;4-3-. The molecule has 0 radical (unpaired) electrons. The van der Waals surface area contributed by atoms with E-state index in [0.29, 0.717) is 0 Å². The summed E-state index contributed by atoms with van der Waals surface area (Å²) in [6.45, 7) is 14.0. The Kier molecular flexibility index (Phi) is 8.16. The molecule has 0 aromatic carbocycles. The summed E-state index contributed by atoms with van der Waals surface area (Å²) >= 11 is 0. The average molecular weight is 284 g/mol. The predicted octanol–water partition coefficient (Wildman–Crippen LogP) is 4.13. The molecule has 0 spiro atoms. The average Bonchev–Trinajstić information content (AvgIpc) is 2.12. The number of carbonyl (C=O) groups excluding carboxylic acids is 2. The first kappa shape index (κ1) is 20.7. The molecule has 0 aromatic heterocycles. The van der Waals surface area contributed by atoms with E-state index in [-0.39, 0.29) is 28.5 Å². The Bertz CT molecular complexity index is 397. The maximum atomic E-state index is 11.5. The molecule has 0 saturated carbocycles. The predicted molar refractivity (Wildman–Crippen MR) is 81.7 cm³/mol. The summed E-state index contributed by atoms with van der Waals surface area (Å²) in [5, 5.41) is 17.9. The van der Waals surface area contributed by atoms with Gasteiger partial charge in [0.2, 0.25) is 0 Å². The zero-order valence-electron chi connectivity index (χ0n) is 13.9. The van der Waals surface area contributed by atoms with Crippen LogP contribution in [0.15, 0.2) is 23.7 Å². The number of hydrogen-bond donors (Lipinski definition) is 2. The summed E-state index contributed by atoms with van der Waals surface area (Å²) in [5.74, 6) is 0.0415. The largest absolute Gasteiger partial charge is 0.512 e. The smallest absolute Gasteiger partial charge is 0.164 e. The van der Waals surface area contributed by atoms with E-state index in [4.69, 9.17) is 5.11 Å². The van der Waals surface area contributed by atoms with Gasteiger partial charge in [-0.25, -0.2) is 0 Å². The van der Waals surface area contributed by atoms with Crippen LogP contribution in [0.5, 0.6) is 0 Å². The Labute approximate surface area is 122 Å². The first-order valence-corrected chi connectivity index (χ1v) is 6.51. The molecule has 4 heteroatoms. The maximum absolute atomic E-state index is 11.5. The normalized spacial score (nSPS) is 13.4. The molecule has 4 nitrogen and oxygen atoms in total. The number of allylic oxidation sites excluding steroid dienone is 4. The number of aliphatic hydroxyl groups excluding tert-OH is 2. The van der Waals surface area contributed by atoms with Gasteiger partial charge in [0.25, 0.3) is 0 Å². The van der Waals surface area contributed by atoms with Crippen LogP contribution in [0, 0.1) is 10.8 Å². The number of carbonyl (C=O) groups is 2. The highest BCUT2D eigenvalue weighted by Gasteiger charge is 2.23. The van der Waals surface area contributed by atoms with Crippen molar-refractivity contribution in [2.45, 2.75) is 55.4 Å². The van der Waals surface area contributed by atoms with Gasteiger partial charge in [-0.1, -0.05) is 41.5 Å². The Balaban J connectivity index is 0. The SMILES string of the molecule is CC(=O)/C=C(/C)O.CC(C)(C)C(=O)/C=C(\O)C(C)(C)C. The van der Waals surface area contributed by atoms with Crippen LogP contribution in [0.25, 0.3) is 0 Å². The van der Waals surface area contributed by atoms with Gasteiger partial charge >= 0.3 is 0 Å². The Morgan fingerprint density at radius 2 is 1.20 bits per heavy atom. The number of aliphatic hydroxyl groups is 2. The van der Waals surface area contributed by atoms with E-state index in [9.17, 15) is 14.7 Å². The third kappa shape index (κ3) is 11.5. The van der Waals surface area contributed by atoms with Crippen molar-refractivity contribution in [1.29, 1.82) is 0 Å². The van der Waals surface area contributed by atoms with Crippen molar-refractivity contribution >= 4 is 11.6 Å². The van der Waals surface area contributed by atoms with E-state index >= 15 is 0 Å². The fourth-order valence-corrected chi connectivity index (χ4v) is 0.851. The Morgan fingerprint density at radius 3 is 1.35 bits per heavy atom. The summed E-state index contributed by atoms with van der Waals surface area (Å²) < 4.78 is 0. The van der Waals surface area contributed by atoms with E-state index in [2.05, 4.69) is 0 Å². The third-order valence-corrected chi connectivity index (χ3v) is 2.19. The van der Waals surface area contributed by atoms with Gasteiger partial charge in [0.15, 0.2) is 11.6 Å². The van der Waals surface area contributed by atoms with Crippen LogP contribution < -0.4 is 0 Å². The summed E-state index contributed by atoms with van der Waals surface area (Å²) in [4.78, 5) is 21.5. The molecule has 0 unspecified atom stereocenters. The number of ketones is 2. The van der Waals surface area contributed by atoms with Gasteiger partial charge in [-0.05, 0) is 13.8 Å². The molecule has 20 heavy (non-hydrogen) atoms. The first-order chi connectivity index (χ1) is 8.67. The molecule has 0 amide bonds. The zero-order chi connectivity index (χ0) is 16.7. The molecule has 0 saturated heterocycles. The minimum atomic E-state index is -0.417. The van der Waals surface area contributed by atoms with Crippen molar-refractivity contribution in [2.75, 3.05) is 0 Å². The lowest BCUT2D eigenvalue weighted by molar-refractivity contribution is -0.121. The van der Waals surface area contributed by atoms with Crippen LogP contribution in [0.2, 0.25) is 0 Å². The fourth-order valence-electron chi connectivity index (χ4n) is 0.851. The van der Waals surface area contributed by atoms with Gasteiger partial charge in [0.05, 0.1) is 5.76 Å². The van der Waals surface area contributed by atoms with E-state index in [1.54, 1.807) is 0 Å². The van der Waals surface area contributed by atoms with E-state index in [0.717, 1.165) is 0 Å². The molecular formula is C16H28O4. The molecule has 2 N–H and O–H groups in total. The quantitative estimate of drug-likeness (QED) is 0.590. The monoisotopic (exact) mass is 284 g/mol. The minimum absolute atomic E-state index is 0.0417. The lowest BCUT2D eigenvalue weighted by Crippen LogP contribution is -2.20. The highest BCUT2D eigenvalue weighted by Crippen LogP contribution is 2.24. The van der Waals surface area contributed by atoms with Gasteiger partial charge in [-0.15, -0.1) is 0 Å². The second-order valence-corrected chi connectivity index (χ2v) is 6.79. The fraction of sp³-hybridized carbons (Fsp3) is 0.625. The number of hydrogen-bond acceptors (Lipinski definition) is 4. The van der Waals surface area contributed by atoms with Crippen molar-refractivity contribution in [3.05, 3.63) is 23.7 Å². The van der Waals surface area contributed by atoms with Crippen LogP contribution >= 0.6 is 0 Å². The molecule has 0 bridgehead atoms. The lowest BCUT2D eigenvalue weighted by atomic mass is 9.87. The lowest BCUT2D eigenvalue weighted by Gasteiger charge is -2.19. The molecule has 0 rings (SSSR count). The van der Waals surface area contributed by atoms with E-state index in [1.807, 2.05) is 41.5 Å². The van der Waals surface area contributed by atoms with Gasteiger partial charge in [0, 0.05) is 23.0 Å². The van der Waals surface area contributed by atoms with E-state index in [1.165, 1.54) is 26.0 Å². The summed E-state index contributed by atoms with van der Waals surface area (Å²) in [6, 6.07) is 0. The van der Waals surface area contributed by atoms with Gasteiger partial charge in [0.1, 0.15) is 5.76 Å². The van der Waals surface area contributed by atoms with Crippen LogP contribution in [0.3, 0.4) is 0 Å². The Hall–Kier alpha value is -1.58. The van der Waals surface area contributed by atoms with Crippen LogP contribution in [-0.2, 0) is 9.59 Å². The van der Waals surface area contributed by atoms with E-state index < -0.39 is 5.41 Å². The first-order valence-electron chi connectivity index (χ1n) is 6.51. The molecule has 0 aliphatic carbocycles. The van der Waals surface area contributed by atoms with Crippen molar-refractivity contribution < 1.29 is 19.8 Å². The second-order valence-electron chi connectivity index (χ2n) is 6.79. The highest BCUT2D eigenvalue weighted by molar-refractivity contribution is 5.94. The van der Waals surface area contributed by atoms with Crippen LogP contribution in [-0.4, -0.2) is 21.8 Å². The maximum Gasteiger partial charge on any atom is 0.164 e. The van der Waals surface area contributed by atoms with Crippen molar-refractivity contribution in [2.24, 2.45) is 10.8 Å². The van der Waals surface area contributed by atoms with Gasteiger partial charge in [-0.3, -0.25) is 9.59 Å². The summed E-state index contributed by atoms with van der Waals surface area (Å²) in [6.07, 6.45) is 2.50. The molecule has 0 fully saturated rings. The highest BCUT2D eigenvalue weighted by atomic mass is 16.3. The molecule has 0 aliphatic rings. The van der Waals surface area contributed by atoms with Gasteiger partial charge < -0.3 is 10.2 Å². The van der Waals surface area contributed by atoms with Crippen molar-refractivity contribution in [3.8, 4) is 0 Å². The van der Waals surface area contributed by atoms with Crippen LogP contribution in [0.4, 0.5) is 0 Å². The third-order valence-electron chi connectivity index (χ3n) is 2.19. The van der Waals surface area contributed by atoms with Gasteiger partial charge in [-0.2, -0.15) is 0 Å².